The second kappa shape index (κ2) is 3.83. The molecule has 1 unspecified atom stereocenters. The first kappa shape index (κ1) is 9.73. The zero-order chi connectivity index (χ0) is 11.0. The summed E-state index contributed by atoms with van der Waals surface area (Å²) in [7, 11) is 0. The summed E-state index contributed by atoms with van der Waals surface area (Å²) in [5.41, 5.74) is 8.25. The molecule has 3 nitrogen and oxygen atoms in total. The van der Waals surface area contributed by atoms with Crippen LogP contribution in [-0.4, -0.2) is 24.6 Å². The molecular weight excluding hydrogens is 198 g/mol. The van der Waals surface area contributed by atoms with Crippen molar-refractivity contribution in [3.63, 3.8) is 0 Å². The summed E-state index contributed by atoms with van der Waals surface area (Å²) in [6, 6.07) is 8.72. The number of hydrogen-bond acceptors (Lipinski definition) is 2. The summed E-state index contributed by atoms with van der Waals surface area (Å²) in [5.74, 6) is 0.668. The maximum atomic E-state index is 5.72. The van der Waals surface area contributed by atoms with Crippen LogP contribution in [0, 0.1) is 5.92 Å². The van der Waals surface area contributed by atoms with E-state index in [2.05, 4.69) is 34.1 Å². The number of anilines is 1. The molecule has 84 valence electrons. The average Bonchev–Trinajstić information content (AvgIpc) is 2.96. The van der Waals surface area contributed by atoms with Gasteiger partial charge in [-0.05, 0) is 43.1 Å². The molecular formula is C13H17N3. The molecule has 16 heavy (non-hydrogen) atoms. The van der Waals surface area contributed by atoms with Crippen molar-refractivity contribution in [1.29, 1.82) is 0 Å². The lowest BCUT2D eigenvalue weighted by Crippen LogP contribution is -2.22. The number of nitrogens with two attached hydrogens (primary N) is 1. The van der Waals surface area contributed by atoms with Gasteiger partial charge in [0.15, 0.2) is 0 Å². The van der Waals surface area contributed by atoms with E-state index in [1.54, 1.807) is 0 Å². The fourth-order valence-electron chi connectivity index (χ4n) is 2.50. The number of aromatic amines is 1. The standard InChI is InChI=1S/C13H17N3/c14-8-10-4-6-16(9-10)12-1-2-13-11(7-12)3-5-15-13/h1-3,5,7,10,15H,4,6,8-9,14H2. The van der Waals surface area contributed by atoms with Gasteiger partial charge < -0.3 is 15.6 Å². The van der Waals surface area contributed by atoms with Crippen LogP contribution in [0.5, 0.6) is 0 Å². The van der Waals surface area contributed by atoms with Gasteiger partial charge in [-0.25, -0.2) is 0 Å². The normalized spacial score (nSPS) is 20.8. The molecule has 1 atom stereocenters. The Balaban J connectivity index is 1.88. The van der Waals surface area contributed by atoms with E-state index in [4.69, 9.17) is 5.73 Å². The molecule has 0 saturated carbocycles. The highest BCUT2D eigenvalue weighted by atomic mass is 15.2. The topological polar surface area (TPSA) is 45.0 Å². The molecule has 1 fully saturated rings. The number of benzene rings is 1. The van der Waals surface area contributed by atoms with Gasteiger partial charge in [-0.1, -0.05) is 0 Å². The van der Waals surface area contributed by atoms with Gasteiger partial charge in [0.05, 0.1) is 0 Å². The lowest BCUT2D eigenvalue weighted by Gasteiger charge is -2.18. The van der Waals surface area contributed by atoms with Crippen molar-refractivity contribution in [2.75, 3.05) is 24.5 Å². The molecule has 1 aromatic carbocycles. The molecule has 0 radical (unpaired) electrons. The Kier molecular flexibility index (Phi) is 2.33. The highest BCUT2D eigenvalue weighted by molar-refractivity contribution is 5.83. The first-order valence-corrected chi connectivity index (χ1v) is 5.89. The summed E-state index contributed by atoms with van der Waals surface area (Å²) in [6.07, 6.45) is 3.21. The van der Waals surface area contributed by atoms with Gasteiger partial charge in [0.2, 0.25) is 0 Å². The molecule has 1 aromatic heterocycles. The second-order valence-corrected chi connectivity index (χ2v) is 4.59. The Morgan fingerprint density at radius 3 is 3.12 bits per heavy atom. The molecule has 1 saturated heterocycles. The van der Waals surface area contributed by atoms with E-state index in [9.17, 15) is 0 Å². The third kappa shape index (κ3) is 1.57. The molecule has 3 rings (SSSR count). The van der Waals surface area contributed by atoms with Gasteiger partial charge in [-0.15, -0.1) is 0 Å². The Morgan fingerprint density at radius 2 is 2.31 bits per heavy atom. The maximum absolute atomic E-state index is 5.72. The number of fused-ring (bicyclic) bond motifs is 1. The van der Waals surface area contributed by atoms with Gasteiger partial charge in [0.1, 0.15) is 0 Å². The van der Waals surface area contributed by atoms with Crippen LogP contribution in [0.3, 0.4) is 0 Å². The van der Waals surface area contributed by atoms with E-state index in [1.165, 1.54) is 23.0 Å². The third-order valence-corrected chi connectivity index (χ3v) is 3.52. The lowest BCUT2D eigenvalue weighted by atomic mass is 10.1. The van der Waals surface area contributed by atoms with E-state index in [1.807, 2.05) is 6.20 Å². The number of H-pyrrole nitrogens is 1. The van der Waals surface area contributed by atoms with Crippen LogP contribution in [0.25, 0.3) is 10.9 Å². The minimum absolute atomic E-state index is 0.668. The van der Waals surface area contributed by atoms with E-state index in [0.29, 0.717) is 5.92 Å². The highest BCUT2D eigenvalue weighted by Crippen LogP contribution is 2.26. The van der Waals surface area contributed by atoms with E-state index in [-0.39, 0.29) is 0 Å². The van der Waals surface area contributed by atoms with Crippen molar-refractivity contribution >= 4 is 16.6 Å². The highest BCUT2D eigenvalue weighted by Gasteiger charge is 2.21. The summed E-state index contributed by atoms with van der Waals surface area (Å²) in [5, 5.41) is 1.29. The van der Waals surface area contributed by atoms with Gasteiger partial charge in [0.25, 0.3) is 0 Å². The molecule has 3 N–H and O–H groups in total. The maximum Gasteiger partial charge on any atom is 0.0455 e. The first-order valence-electron chi connectivity index (χ1n) is 5.89. The van der Waals surface area contributed by atoms with Gasteiger partial charge in [0, 0.05) is 35.9 Å². The Hall–Kier alpha value is -1.48. The van der Waals surface area contributed by atoms with E-state index >= 15 is 0 Å². The van der Waals surface area contributed by atoms with Crippen molar-refractivity contribution in [3.05, 3.63) is 30.5 Å². The number of nitrogens with one attached hydrogen (secondary N) is 1. The Labute approximate surface area is 95.2 Å². The molecule has 1 aliphatic heterocycles. The minimum Gasteiger partial charge on any atom is -0.371 e. The fourth-order valence-corrected chi connectivity index (χ4v) is 2.50. The largest absolute Gasteiger partial charge is 0.371 e. The number of hydrogen-bond donors (Lipinski definition) is 2. The van der Waals surface area contributed by atoms with Crippen LogP contribution < -0.4 is 10.6 Å². The van der Waals surface area contributed by atoms with Crippen LogP contribution in [0.1, 0.15) is 6.42 Å². The van der Waals surface area contributed by atoms with Gasteiger partial charge in [-0.3, -0.25) is 0 Å². The molecule has 0 bridgehead atoms. The van der Waals surface area contributed by atoms with Crippen molar-refractivity contribution in [2.45, 2.75) is 6.42 Å². The van der Waals surface area contributed by atoms with Crippen LogP contribution >= 0.6 is 0 Å². The predicted molar refractivity (Wildman–Crippen MR) is 67.7 cm³/mol. The average molecular weight is 215 g/mol. The molecule has 1 aliphatic rings. The van der Waals surface area contributed by atoms with E-state index in [0.717, 1.165) is 19.6 Å². The zero-order valence-corrected chi connectivity index (χ0v) is 9.32. The predicted octanol–water partition coefficient (Wildman–Crippen LogP) is 1.95. The van der Waals surface area contributed by atoms with Gasteiger partial charge >= 0.3 is 0 Å². The Bertz CT molecular complexity index is 489. The molecule has 0 aliphatic carbocycles. The smallest absolute Gasteiger partial charge is 0.0455 e. The van der Waals surface area contributed by atoms with Crippen LogP contribution in [0.2, 0.25) is 0 Å². The first-order chi connectivity index (χ1) is 7.86. The molecule has 0 amide bonds. The second-order valence-electron chi connectivity index (χ2n) is 4.59. The Morgan fingerprint density at radius 1 is 1.38 bits per heavy atom. The summed E-state index contributed by atoms with van der Waals surface area (Å²) < 4.78 is 0. The molecule has 0 spiro atoms. The summed E-state index contributed by atoms with van der Waals surface area (Å²) in [6.45, 7) is 3.05. The molecule has 2 heterocycles. The third-order valence-electron chi connectivity index (χ3n) is 3.52. The quantitative estimate of drug-likeness (QED) is 0.804. The van der Waals surface area contributed by atoms with Crippen molar-refractivity contribution in [3.8, 4) is 0 Å². The van der Waals surface area contributed by atoms with Crippen molar-refractivity contribution in [1.82, 2.24) is 4.98 Å². The summed E-state index contributed by atoms with van der Waals surface area (Å²) in [4.78, 5) is 5.65. The number of aromatic nitrogens is 1. The van der Waals surface area contributed by atoms with Crippen molar-refractivity contribution in [2.24, 2.45) is 11.7 Å². The van der Waals surface area contributed by atoms with Crippen LogP contribution in [0.4, 0.5) is 5.69 Å². The lowest BCUT2D eigenvalue weighted by molar-refractivity contribution is 0.603. The van der Waals surface area contributed by atoms with Crippen molar-refractivity contribution < 1.29 is 0 Å². The zero-order valence-electron chi connectivity index (χ0n) is 9.32. The number of nitrogens with zero attached hydrogens (tertiary/aromatic N) is 1. The fraction of sp³-hybridized carbons (Fsp3) is 0.385. The number of rotatable bonds is 2. The van der Waals surface area contributed by atoms with Gasteiger partial charge in [-0.2, -0.15) is 0 Å². The van der Waals surface area contributed by atoms with E-state index < -0.39 is 0 Å². The van der Waals surface area contributed by atoms with Crippen LogP contribution in [-0.2, 0) is 0 Å². The summed E-state index contributed by atoms with van der Waals surface area (Å²) >= 11 is 0. The molecule has 3 heteroatoms. The minimum atomic E-state index is 0.668. The SMILES string of the molecule is NCC1CCN(c2ccc3[nH]ccc3c2)C1. The molecule has 2 aromatic rings. The monoisotopic (exact) mass is 215 g/mol. The van der Waals surface area contributed by atoms with Crippen LogP contribution in [0.15, 0.2) is 30.5 Å².